The quantitative estimate of drug-likeness (QED) is 0.680. The molecule has 2 aromatic rings. The molecule has 3 rings (SSSR count). The van der Waals surface area contributed by atoms with Gasteiger partial charge in [-0.2, -0.15) is 0 Å². The van der Waals surface area contributed by atoms with E-state index in [9.17, 15) is 9.59 Å². The third-order valence-corrected chi connectivity index (χ3v) is 5.82. The highest BCUT2D eigenvalue weighted by molar-refractivity contribution is 9.10. The van der Waals surface area contributed by atoms with Crippen molar-refractivity contribution >= 4 is 33.4 Å². The van der Waals surface area contributed by atoms with Gasteiger partial charge in [0.15, 0.2) is 0 Å². The van der Waals surface area contributed by atoms with Crippen LogP contribution in [-0.4, -0.2) is 36.3 Å². The molecule has 154 valence electrons. The Morgan fingerprint density at radius 3 is 2.52 bits per heavy atom. The first kappa shape index (κ1) is 21.5. The van der Waals surface area contributed by atoms with Crippen LogP contribution in [0.3, 0.4) is 0 Å². The third kappa shape index (κ3) is 5.67. The topological polar surface area (TPSA) is 61.4 Å². The summed E-state index contributed by atoms with van der Waals surface area (Å²) in [6.45, 7) is 7.14. The monoisotopic (exact) mass is 457 g/mol. The van der Waals surface area contributed by atoms with Gasteiger partial charge in [-0.3, -0.25) is 14.5 Å². The number of benzene rings is 2. The molecule has 0 saturated carbocycles. The van der Waals surface area contributed by atoms with Gasteiger partial charge >= 0.3 is 0 Å². The van der Waals surface area contributed by atoms with Crippen LogP contribution in [0, 0.1) is 20.8 Å². The van der Waals surface area contributed by atoms with Gasteiger partial charge < -0.3 is 10.6 Å². The summed E-state index contributed by atoms with van der Waals surface area (Å²) in [6.07, 6.45) is 2.10. The number of rotatable bonds is 6. The molecular weight excluding hydrogens is 430 g/mol. The second kappa shape index (κ2) is 9.55. The van der Waals surface area contributed by atoms with Crippen molar-refractivity contribution in [3.63, 3.8) is 0 Å². The van der Waals surface area contributed by atoms with Crippen molar-refractivity contribution < 1.29 is 9.59 Å². The maximum Gasteiger partial charge on any atom is 0.243 e. The van der Waals surface area contributed by atoms with Crippen LogP contribution in [0.5, 0.6) is 0 Å². The Morgan fingerprint density at radius 1 is 1.10 bits per heavy atom. The second-order valence-corrected chi connectivity index (χ2v) is 8.70. The van der Waals surface area contributed by atoms with E-state index >= 15 is 0 Å². The number of hydrogen-bond donors (Lipinski definition) is 2. The van der Waals surface area contributed by atoms with E-state index in [0.29, 0.717) is 6.54 Å². The number of nitrogens with one attached hydrogen (secondary N) is 2. The average Bonchev–Trinajstić information content (AvgIpc) is 3.11. The minimum Gasteiger partial charge on any atom is -0.346 e. The molecule has 1 atom stereocenters. The van der Waals surface area contributed by atoms with E-state index in [1.807, 2.05) is 45.0 Å². The van der Waals surface area contributed by atoms with Crippen molar-refractivity contribution in [2.45, 2.75) is 39.7 Å². The molecule has 0 spiro atoms. The molecule has 1 aliphatic rings. The zero-order valence-electron chi connectivity index (χ0n) is 17.2. The normalized spacial score (nSPS) is 16.6. The molecule has 1 unspecified atom stereocenters. The molecule has 1 aliphatic heterocycles. The van der Waals surface area contributed by atoms with Gasteiger partial charge in [0, 0.05) is 16.2 Å². The van der Waals surface area contributed by atoms with Crippen LogP contribution in [0.1, 0.15) is 41.1 Å². The van der Waals surface area contributed by atoms with E-state index in [4.69, 9.17) is 0 Å². The Morgan fingerprint density at radius 2 is 1.83 bits per heavy atom. The Bertz CT molecular complexity index is 890. The summed E-state index contributed by atoms with van der Waals surface area (Å²) in [6, 6.07) is 12.6. The van der Waals surface area contributed by atoms with Crippen LogP contribution >= 0.6 is 15.9 Å². The SMILES string of the molecule is Cc1cc(C)c(NC(=O)CNC(=O)CN2CCCC2c2cccc(Br)c2)c(C)c1. The molecule has 0 radical (unpaired) electrons. The van der Waals surface area contributed by atoms with Crippen LogP contribution in [-0.2, 0) is 9.59 Å². The lowest BCUT2D eigenvalue weighted by Crippen LogP contribution is -2.40. The largest absolute Gasteiger partial charge is 0.346 e. The van der Waals surface area contributed by atoms with Crippen molar-refractivity contribution in [3.05, 3.63) is 63.1 Å². The highest BCUT2D eigenvalue weighted by Gasteiger charge is 2.27. The molecule has 2 amide bonds. The van der Waals surface area contributed by atoms with Crippen LogP contribution in [0.4, 0.5) is 5.69 Å². The maximum absolute atomic E-state index is 12.4. The molecule has 1 heterocycles. The fourth-order valence-electron chi connectivity index (χ4n) is 4.09. The fourth-order valence-corrected chi connectivity index (χ4v) is 4.50. The average molecular weight is 458 g/mol. The Balaban J connectivity index is 1.52. The number of likely N-dealkylation sites (tertiary alicyclic amines) is 1. The van der Waals surface area contributed by atoms with E-state index in [0.717, 1.165) is 46.2 Å². The highest BCUT2D eigenvalue weighted by Crippen LogP contribution is 2.32. The molecule has 2 aromatic carbocycles. The van der Waals surface area contributed by atoms with Gasteiger partial charge in [-0.25, -0.2) is 0 Å². The number of anilines is 1. The molecule has 5 nitrogen and oxygen atoms in total. The zero-order valence-corrected chi connectivity index (χ0v) is 18.8. The van der Waals surface area contributed by atoms with E-state index in [1.54, 1.807) is 0 Å². The Labute approximate surface area is 181 Å². The van der Waals surface area contributed by atoms with Gasteiger partial charge in [0.1, 0.15) is 0 Å². The van der Waals surface area contributed by atoms with Crippen LogP contribution < -0.4 is 10.6 Å². The van der Waals surface area contributed by atoms with Crippen molar-refractivity contribution in [2.24, 2.45) is 0 Å². The lowest BCUT2D eigenvalue weighted by atomic mass is 10.0. The van der Waals surface area contributed by atoms with E-state index in [-0.39, 0.29) is 24.4 Å². The number of amides is 2. The standard InChI is InChI=1S/C23H28BrN3O2/c1-15-10-16(2)23(17(3)11-15)26-21(28)13-25-22(29)14-27-9-5-8-20(27)18-6-4-7-19(24)12-18/h4,6-7,10-12,20H,5,8-9,13-14H2,1-3H3,(H,25,29)(H,26,28). The van der Waals surface area contributed by atoms with Crippen LogP contribution in [0.2, 0.25) is 0 Å². The molecule has 1 saturated heterocycles. The molecule has 1 fully saturated rings. The van der Waals surface area contributed by atoms with Gasteiger partial charge in [0.2, 0.25) is 11.8 Å². The molecule has 6 heteroatoms. The molecule has 29 heavy (non-hydrogen) atoms. The first-order valence-electron chi connectivity index (χ1n) is 9.97. The number of aryl methyl sites for hydroxylation is 3. The summed E-state index contributed by atoms with van der Waals surface area (Å²) < 4.78 is 1.05. The first-order valence-corrected chi connectivity index (χ1v) is 10.8. The maximum atomic E-state index is 12.4. The number of hydrogen-bond acceptors (Lipinski definition) is 3. The minimum absolute atomic E-state index is 0.0268. The van der Waals surface area contributed by atoms with Crippen molar-refractivity contribution in [3.8, 4) is 0 Å². The molecular formula is C23H28BrN3O2. The summed E-state index contributed by atoms with van der Waals surface area (Å²) in [5, 5.41) is 5.68. The molecule has 2 N–H and O–H groups in total. The second-order valence-electron chi connectivity index (χ2n) is 7.78. The zero-order chi connectivity index (χ0) is 21.0. The third-order valence-electron chi connectivity index (χ3n) is 5.33. The fraction of sp³-hybridized carbons (Fsp3) is 0.391. The van der Waals surface area contributed by atoms with Gasteiger partial charge in [-0.15, -0.1) is 0 Å². The van der Waals surface area contributed by atoms with Crippen molar-refractivity contribution in [2.75, 3.05) is 25.0 Å². The van der Waals surface area contributed by atoms with Crippen LogP contribution in [0.15, 0.2) is 40.9 Å². The van der Waals surface area contributed by atoms with Gasteiger partial charge in [0.25, 0.3) is 0 Å². The Hall–Kier alpha value is -2.18. The van der Waals surface area contributed by atoms with Crippen LogP contribution in [0.25, 0.3) is 0 Å². The first-order chi connectivity index (χ1) is 13.8. The summed E-state index contributed by atoms with van der Waals surface area (Å²) >= 11 is 3.52. The summed E-state index contributed by atoms with van der Waals surface area (Å²) in [5.41, 5.74) is 5.25. The predicted molar refractivity (Wildman–Crippen MR) is 120 cm³/mol. The Kier molecular flexibility index (Phi) is 7.09. The molecule has 0 bridgehead atoms. The van der Waals surface area contributed by atoms with E-state index in [2.05, 4.69) is 43.6 Å². The van der Waals surface area contributed by atoms with Crippen molar-refractivity contribution in [1.82, 2.24) is 10.2 Å². The lowest BCUT2D eigenvalue weighted by Gasteiger charge is -2.24. The summed E-state index contributed by atoms with van der Waals surface area (Å²) in [4.78, 5) is 26.9. The lowest BCUT2D eigenvalue weighted by molar-refractivity contribution is -0.125. The summed E-state index contributed by atoms with van der Waals surface area (Å²) in [5.74, 6) is -0.335. The van der Waals surface area contributed by atoms with Gasteiger partial charge in [0.05, 0.1) is 13.1 Å². The van der Waals surface area contributed by atoms with E-state index < -0.39 is 0 Å². The summed E-state index contributed by atoms with van der Waals surface area (Å²) in [7, 11) is 0. The minimum atomic E-state index is -0.210. The highest BCUT2D eigenvalue weighted by atomic mass is 79.9. The van der Waals surface area contributed by atoms with Gasteiger partial charge in [-0.05, 0) is 69.0 Å². The van der Waals surface area contributed by atoms with E-state index in [1.165, 1.54) is 5.56 Å². The van der Waals surface area contributed by atoms with Crippen molar-refractivity contribution in [1.29, 1.82) is 0 Å². The number of carbonyl (C=O) groups excluding carboxylic acids is 2. The number of carbonyl (C=O) groups is 2. The predicted octanol–water partition coefficient (Wildman–Crippen LogP) is 4.27. The van der Waals surface area contributed by atoms with Gasteiger partial charge in [-0.1, -0.05) is 45.8 Å². The molecule has 0 aliphatic carbocycles. The number of halogens is 1. The molecule has 0 aromatic heterocycles. The smallest absolute Gasteiger partial charge is 0.243 e. The number of nitrogens with zero attached hydrogens (tertiary/aromatic N) is 1.